The molecular formula is C25H22N4. The van der Waals surface area contributed by atoms with E-state index in [1.54, 1.807) is 6.20 Å². The zero-order chi connectivity index (χ0) is 20.8. The second kappa shape index (κ2) is 8.87. The average molecular weight is 378 g/mol. The van der Waals surface area contributed by atoms with E-state index in [2.05, 4.69) is 34.1 Å². The van der Waals surface area contributed by atoms with Crippen molar-refractivity contribution in [2.24, 2.45) is 0 Å². The summed E-state index contributed by atoms with van der Waals surface area (Å²) in [5.41, 5.74) is 7.09. The molecule has 2 aromatic rings. The first-order valence-electron chi connectivity index (χ1n) is 9.35. The van der Waals surface area contributed by atoms with Gasteiger partial charge < -0.3 is 4.90 Å². The lowest BCUT2D eigenvalue weighted by molar-refractivity contribution is 1.10. The summed E-state index contributed by atoms with van der Waals surface area (Å²) in [5, 5.41) is 18.6. The molecule has 0 aliphatic heterocycles. The molecule has 1 heterocycles. The molecule has 0 amide bonds. The smallest absolute Gasteiger partial charge is 0.133 e. The average Bonchev–Trinajstić information content (AvgIpc) is 2.74. The second-order valence-corrected chi connectivity index (χ2v) is 7.09. The van der Waals surface area contributed by atoms with E-state index in [0.717, 1.165) is 39.2 Å². The predicted molar refractivity (Wildman–Crippen MR) is 118 cm³/mol. The van der Waals surface area contributed by atoms with Crippen LogP contribution in [0.3, 0.4) is 0 Å². The van der Waals surface area contributed by atoms with E-state index in [1.807, 2.05) is 69.6 Å². The summed E-state index contributed by atoms with van der Waals surface area (Å²) in [6.45, 7) is 2.03. The number of allylic oxidation sites excluding steroid dienone is 7. The van der Waals surface area contributed by atoms with Crippen LogP contribution in [0, 0.1) is 22.7 Å². The zero-order valence-electron chi connectivity index (χ0n) is 16.8. The van der Waals surface area contributed by atoms with E-state index in [-0.39, 0.29) is 5.57 Å². The van der Waals surface area contributed by atoms with Crippen LogP contribution in [0.25, 0.3) is 11.6 Å². The SMILES string of the molecule is CC1=C(c2ccccn2)C(C=Cc2ccc(N(C)C)cc2)=CC(=C(C#N)C#N)C1. The number of hydrogen-bond donors (Lipinski definition) is 0. The highest BCUT2D eigenvalue weighted by Gasteiger charge is 2.19. The largest absolute Gasteiger partial charge is 0.378 e. The second-order valence-electron chi connectivity index (χ2n) is 7.09. The van der Waals surface area contributed by atoms with Gasteiger partial charge in [-0.25, -0.2) is 0 Å². The lowest BCUT2D eigenvalue weighted by atomic mass is 9.84. The Balaban J connectivity index is 2.05. The normalized spacial score (nSPS) is 13.7. The van der Waals surface area contributed by atoms with Crippen molar-refractivity contribution in [3.8, 4) is 12.1 Å². The van der Waals surface area contributed by atoms with E-state index in [9.17, 15) is 10.5 Å². The molecule has 0 saturated heterocycles. The number of aromatic nitrogens is 1. The molecule has 3 rings (SSSR count). The fraction of sp³-hybridized carbons (Fsp3) is 0.160. The third kappa shape index (κ3) is 4.51. The Labute approximate surface area is 172 Å². The topological polar surface area (TPSA) is 63.7 Å². The van der Waals surface area contributed by atoms with Crippen molar-refractivity contribution in [3.63, 3.8) is 0 Å². The Bertz CT molecular complexity index is 1080. The van der Waals surface area contributed by atoms with Crippen LogP contribution in [0.4, 0.5) is 5.69 Å². The van der Waals surface area contributed by atoms with Gasteiger partial charge in [-0.3, -0.25) is 4.98 Å². The summed E-state index contributed by atoms with van der Waals surface area (Å²) in [7, 11) is 4.03. The molecule has 1 aliphatic rings. The number of nitrogens with zero attached hydrogens (tertiary/aromatic N) is 4. The van der Waals surface area contributed by atoms with Gasteiger partial charge in [0.1, 0.15) is 17.7 Å². The summed E-state index contributed by atoms with van der Waals surface area (Å²) >= 11 is 0. The maximum atomic E-state index is 9.30. The number of hydrogen-bond acceptors (Lipinski definition) is 4. The Hall–Kier alpha value is -3.89. The number of pyridine rings is 1. The van der Waals surface area contributed by atoms with Gasteiger partial charge in [-0.1, -0.05) is 35.9 Å². The minimum Gasteiger partial charge on any atom is -0.378 e. The van der Waals surface area contributed by atoms with Crippen LogP contribution >= 0.6 is 0 Å². The lowest BCUT2D eigenvalue weighted by Crippen LogP contribution is -2.07. The summed E-state index contributed by atoms with van der Waals surface area (Å²) < 4.78 is 0. The van der Waals surface area contributed by atoms with Crippen molar-refractivity contribution < 1.29 is 0 Å². The van der Waals surface area contributed by atoms with Crippen LogP contribution in [0.1, 0.15) is 24.6 Å². The van der Waals surface area contributed by atoms with Gasteiger partial charge in [0, 0.05) is 31.6 Å². The van der Waals surface area contributed by atoms with Crippen LogP contribution in [0.2, 0.25) is 0 Å². The highest BCUT2D eigenvalue weighted by Crippen LogP contribution is 2.36. The van der Waals surface area contributed by atoms with Gasteiger partial charge in [-0.15, -0.1) is 0 Å². The van der Waals surface area contributed by atoms with Crippen molar-refractivity contribution >= 4 is 17.3 Å². The lowest BCUT2D eigenvalue weighted by Gasteiger charge is -2.20. The van der Waals surface area contributed by atoms with E-state index >= 15 is 0 Å². The predicted octanol–water partition coefficient (Wildman–Crippen LogP) is 5.31. The molecule has 29 heavy (non-hydrogen) atoms. The molecular weight excluding hydrogens is 356 g/mol. The molecule has 142 valence electrons. The highest BCUT2D eigenvalue weighted by atomic mass is 15.1. The number of rotatable bonds is 4. The van der Waals surface area contributed by atoms with Gasteiger partial charge in [0.05, 0.1) is 5.69 Å². The van der Waals surface area contributed by atoms with E-state index in [4.69, 9.17) is 0 Å². The molecule has 4 nitrogen and oxygen atoms in total. The zero-order valence-corrected chi connectivity index (χ0v) is 16.8. The Morgan fingerprint density at radius 1 is 1.03 bits per heavy atom. The molecule has 0 N–H and O–H groups in total. The van der Waals surface area contributed by atoms with Crippen molar-refractivity contribution in [2.75, 3.05) is 19.0 Å². The maximum absolute atomic E-state index is 9.30. The molecule has 0 spiro atoms. The molecule has 4 heteroatoms. The third-order valence-electron chi connectivity index (χ3n) is 4.83. The van der Waals surface area contributed by atoms with E-state index in [1.165, 1.54) is 0 Å². The molecule has 1 aromatic carbocycles. The summed E-state index contributed by atoms with van der Waals surface area (Å²) in [6, 6.07) is 18.2. The molecule has 0 atom stereocenters. The minimum absolute atomic E-state index is 0.158. The van der Waals surface area contributed by atoms with Crippen molar-refractivity contribution in [1.82, 2.24) is 4.98 Å². The summed E-state index contributed by atoms with van der Waals surface area (Å²) in [4.78, 5) is 6.58. The minimum atomic E-state index is 0.158. The first kappa shape index (κ1) is 19.9. The van der Waals surface area contributed by atoms with Crippen LogP contribution in [-0.2, 0) is 0 Å². The number of nitriles is 2. The number of benzene rings is 1. The van der Waals surface area contributed by atoms with Crippen LogP contribution in [0.5, 0.6) is 0 Å². The van der Waals surface area contributed by atoms with Gasteiger partial charge in [-0.2, -0.15) is 10.5 Å². The Kier molecular flexibility index (Phi) is 6.07. The molecule has 0 radical (unpaired) electrons. The van der Waals surface area contributed by atoms with Gasteiger partial charge in [-0.05, 0) is 60.4 Å². The van der Waals surface area contributed by atoms with Crippen LogP contribution < -0.4 is 4.90 Å². The molecule has 0 bridgehead atoms. The summed E-state index contributed by atoms with van der Waals surface area (Å²) in [5.74, 6) is 0. The van der Waals surface area contributed by atoms with E-state index < -0.39 is 0 Å². The van der Waals surface area contributed by atoms with Crippen LogP contribution in [-0.4, -0.2) is 19.1 Å². The quantitative estimate of drug-likeness (QED) is 0.677. The van der Waals surface area contributed by atoms with Gasteiger partial charge in [0.15, 0.2) is 0 Å². The molecule has 1 aromatic heterocycles. The molecule has 0 saturated carbocycles. The fourth-order valence-electron chi connectivity index (χ4n) is 3.34. The molecule has 1 aliphatic carbocycles. The van der Waals surface area contributed by atoms with Gasteiger partial charge in [0.25, 0.3) is 0 Å². The first-order valence-corrected chi connectivity index (χ1v) is 9.35. The molecule has 0 unspecified atom stereocenters. The van der Waals surface area contributed by atoms with Crippen molar-refractivity contribution in [1.29, 1.82) is 10.5 Å². The van der Waals surface area contributed by atoms with E-state index in [0.29, 0.717) is 6.42 Å². The van der Waals surface area contributed by atoms with Gasteiger partial charge in [0.2, 0.25) is 0 Å². The maximum Gasteiger partial charge on any atom is 0.133 e. The third-order valence-corrected chi connectivity index (χ3v) is 4.83. The van der Waals surface area contributed by atoms with Crippen molar-refractivity contribution in [3.05, 3.63) is 94.4 Å². The standard InChI is InChI=1S/C25H22N4/c1-18-14-21(22(16-26)17-27)15-20(25(18)24-6-4-5-13-28-24)10-7-19-8-11-23(12-9-19)29(2)3/h4-13,15H,14H2,1-3H3. The number of anilines is 1. The Morgan fingerprint density at radius 3 is 2.34 bits per heavy atom. The van der Waals surface area contributed by atoms with Gasteiger partial charge >= 0.3 is 0 Å². The van der Waals surface area contributed by atoms with Crippen LogP contribution in [0.15, 0.2) is 83.1 Å². The van der Waals surface area contributed by atoms with Crippen molar-refractivity contribution in [2.45, 2.75) is 13.3 Å². The molecule has 0 fully saturated rings. The highest BCUT2D eigenvalue weighted by molar-refractivity contribution is 5.86. The first-order chi connectivity index (χ1) is 14.0. The monoisotopic (exact) mass is 378 g/mol. The Morgan fingerprint density at radius 2 is 1.76 bits per heavy atom. The fourth-order valence-corrected chi connectivity index (χ4v) is 3.34. The summed E-state index contributed by atoms with van der Waals surface area (Å²) in [6.07, 6.45) is 8.35.